The number of carbonyl (C=O) groups is 4. The molecule has 0 fully saturated rings. The maximum Gasteiger partial charge on any atom is 1.00 e. The van der Waals surface area contributed by atoms with Gasteiger partial charge in [-0.2, -0.15) is 0 Å². The Balaban J connectivity index is 0.00000364. The molecule has 10 heteroatoms. The minimum Gasteiger partial charge on any atom is -0.546 e. The van der Waals surface area contributed by atoms with Gasteiger partial charge in [0.25, 0.3) is 0 Å². The van der Waals surface area contributed by atoms with Crippen LogP contribution in [0.2, 0.25) is 0 Å². The topological polar surface area (TPSA) is 133 Å². The van der Waals surface area contributed by atoms with Crippen LogP contribution in [0.4, 0.5) is 0 Å². The van der Waals surface area contributed by atoms with E-state index in [1.807, 2.05) is 0 Å². The Morgan fingerprint density at radius 2 is 0.893 bits per heavy atom. The summed E-state index contributed by atoms with van der Waals surface area (Å²) in [4.78, 5) is 46.5. The minimum atomic E-state index is -2.39. The number of carboxylic acids is 2. The fraction of sp³-hybridized carbons (Fsp3) is 0.111. The van der Waals surface area contributed by atoms with Gasteiger partial charge < -0.3 is 29.3 Å². The molecular formula is C18H12Na2O8. The molecule has 0 saturated heterocycles. The van der Waals surface area contributed by atoms with Crippen molar-refractivity contribution in [1.82, 2.24) is 0 Å². The van der Waals surface area contributed by atoms with E-state index in [1.165, 1.54) is 48.5 Å². The van der Waals surface area contributed by atoms with Gasteiger partial charge in [0, 0.05) is 0 Å². The molecule has 2 atom stereocenters. The molecule has 28 heavy (non-hydrogen) atoms. The van der Waals surface area contributed by atoms with Crippen LogP contribution in [0.15, 0.2) is 60.7 Å². The summed E-state index contributed by atoms with van der Waals surface area (Å²) in [5.41, 5.74) is -0.0459. The van der Waals surface area contributed by atoms with Crippen molar-refractivity contribution in [1.29, 1.82) is 0 Å². The first-order chi connectivity index (χ1) is 12.4. The standard InChI is InChI=1S/C18H14O8.2Na/c19-15(20)13(25-17(23)11-7-3-1-4-8-11)14(16(21)22)26-18(24)12-9-5-2-6-10-12;;/h1-10,13-14H,(H,19,20)(H,21,22);;/q;2*+1/p-2/t13-,14-;;/m1../s1. The van der Waals surface area contributed by atoms with Gasteiger partial charge in [-0.05, 0) is 24.3 Å². The Morgan fingerprint density at radius 1 is 0.607 bits per heavy atom. The van der Waals surface area contributed by atoms with Crippen LogP contribution < -0.4 is 69.3 Å². The van der Waals surface area contributed by atoms with E-state index >= 15 is 0 Å². The number of ether oxygens (including phenoxy) is 2. The van der Waals surface area contributed by atoms with Gasteiger partial charge in [0.05, 0.1) is 23.1 Å². The average Bonchev–Trinajstić information content (AvgIpc) is 2.65. The number of esters is 2. The fourth-order valence-corrected chi connectivity index (χ4v) is 1.98. The summed E-state index contributed by atoms with van der Waals surface area (Å²) in [6, 6.07) is 14.5. The molecule has 0 aliphatic rings. The molecule has 0 amide bonds. The summed E-state index contributed by atoms with van der Waals surface area (Å²) in [5.74, 6) is -6.35. The molecule has 8 nitrogen and oxygen atoms in total. The zero-order chi connectivity index (χ0) is 19.1. The maximum atomic E-state index is 12.0. The van der Waals surface area contributed by atoms with Crippen molar-refractivity contribution in [2.45, 2.75) is 12.2 Å². The van der Waals surface area contributed by atoms with Crippen LogP contribution in [0.3, 0.4) is 0 Å². The number of benzene rings is 2. The third-order valence-corrected chi connectivity index (χ3v) is 3.23. The van der Waals surface area contributed by atoms with Crippen molar-refractivity contribution in [3.63, 3.8) is 0 Å². The molecule has 0 spiro atoms. The van der Waals surface area contributed by atoms with Gasteiger partial charge in [0.2, 0.25) is 0 Å². The van der Waals surface area contributed by atoms with E-state index in [2.05, 4.69) is 9.47 Å². The Kier molecular flexibility index (Phi) is 12.0. The molecule has 134 valence electrons. The largest absolute Gasteiger partial charge is 1.00 e. The van der Waals surface area contributed by atoms with Crippen molar-refractivity contribution >= 4 is 23.9 Å². The molecule has 0 aromatic heterocycles. The number of carboxylic acid groups (broad SMARTS) is 2. The summed E-state index contributed by atoms with van der Waals surface area (Å²) >= 11 is 0. The van der Waals surface area contributed by atoms with Gasteiger partial charge in [0.1, 0.15) is 0 Å². The Labute approximate surface area is 204 Å². The van der Waals surface area contributed by atoms with Crippen LogP contribution in [0.25, 0.3) is 0 Å². The molecule has 2 rings (SSSR count). The smallest absolute Gasteiger partial charge is 0.546 e. The van der Waals surface area contributed by atoms with E-state index in [0.29, 0.717) is 0 Å². The van der Waals surface area contributed by atoms with Gasteiger partial charge in [-0.15, -0.1) is 0 Å². The zero-order valence-corrected chi connectivity index (χ0v) is 19.2. The van der Waals surface area contributed by atoms with E-state index < -0.39 is 36.1 Å². The average molecular weight is 402 g/mol. The van der Waals surface area contributed by atoms with E-state index in [0.717, 1.165) is 0 Å². The van der Waals surface area contributed by atoms with E-state index in [4.69, 9.17) is 0 Å². The van der Waals surface area contributed by atoms with Gasteiger partial charge in [-0.3, -0.25) is 0 Å². The number of hydrogen-bond acceptors (Lipinski definition) is 8. The summed E-state index contributed by atoms with van der Waals surface area (Å²) in [6.45, 7) is 0. The van der Waals surface area contributed by atoms with E-state index in [9.17, 15) is 29.4 Å². The summed E-state index contributed by atoms with van der Waals surface area (Å²) in [7, 11) is 0. The van der Waals surface area contributed by atoms with Crippen LogP contribution in [-0.4, -0.2) is 36.1 Å². The Hall–Kier alpha value is -1.68. The Bertz CT molecular complexity index is 741. The van der Waals surface area contributed by atoms with Gasteiger partial charge in [-0.25, -0.2) is 9.59 Å². The Morgan fingerprint density at radius 3 is 1.14 bits per heavy atom. The van der Waals surface area contributed by atoms with Crippen molar-refractivity contribution in [3.05, 3.63) is 71.8 Å². The first-order valence-electron chi connectivity index (χ1n) is 7.34. The molecule has 0 heterocycles. The number of rotatable bonds is 7. The molecule has 0 aliphatic heterocycles. The molecule has 2 aromatic carbocycles. The monoisotopic (exact) mass is 402 g/mol. The maximum absolute atomic E-state index is 12.0. The molecule has 0 unspecified atom stereocenters. The van der Waals surface area contributed by atoms with Crippen LogP contribution in [-0.2, 0) is 19.1 Å². The van der Waals surface area contributed by atoms with Crippen molar-refractivity contribution in [2.24, 2.45) is 0 Å². The second kappa shape index (κ2) is 12.7. The number of carbonyl (C=O) groups excluding carboxylic acids is 4. The molecule has 0 bridgehead atoms. The van der Waals surface area contributed by atoms with Crippen LogP contribution in [0.1, 0.15) is 20.7 Å². The summed E-state index contributed by atoms with van der Waals surface area (Å²) < 4.78 is 9.32. The van der Waals surface area contributed by atoms with Crippen LogP contribution in [0, 0.1) is 0 Å². The SMILES string of the molecule is O=C(O[C@@H](C(=O)[O-])[C@@H](OC(=O)c1ccccc1)C(=O)[O-])c1ccccc1.[Na+].[Na+]. The van der Waals surface area contributed by atoms with E-state index in [-0.39, 0.29) is 70.2 Å². The fourth-order valence-electron chi connectivity index (χ4n) is 1.98. The molecule has 0 aliphatic carbocycles. The van der Waals surface area contributed by atoms with Crippen LogP contribution in [0.5, 0.6) is 0 Å². The van der Waals surface area contributed by atoms with E-state index in [1.54, 1.807) is 12.1 Å². The van der Waals surface area contributed by atoms with Gasteiger partial charge in [-0.1, -0.05) is 36.4 Å². The second-order valence-electron chi connectivity index (χ2n) is 5.02. The first kappa shape index (κ1) is 26.3. The number of aliphatic carboxylic acids is 2. The zero-order valence-electron chi connectivity index (χ0n) is 15.2. The normalized spacial score (nSPS) is 11.6. The quantitative estimate of drug-likeness (QED) is 0.330. The second-order valence-corrected chi connectivity index (χ2v) is 5.02. The summed E-state index contributed by atoms with van der Waals surface area (Å²) in [5, 5.41) is 22.5. The van der Waals surface area contributed by atoms with Crippen LogP contribution >= 0.6 is 0 Å². The van der Waals surface area contributed by atoms with Crippen molar-refractivity contribution < 1.29 is 98.0 Å². The molecule has 2 aromatic rings. The van der Waals surface area contributed by atoms with Gasteiger partial charge in [0.15, 0.2) is 12.2 Å². The molecular weight excluding hydrogens is 390 g/mol. The van der Waals surface area contributed by atoms with Gasteiger partial charge >= 0.3 is 71.1 Å². The minimum absolute atomic E-state index is 0. The summed E-state index contributed by atoms with van der Waals surface area (Å²) in [6.07, 6.45) is -4.78. The molecule has 0 saturated carbocycles. The molecule has 0 radical (unpaired) electrons. The predicted octanol–water partition coefficient (Wildman–Crippen LogP) is -7.05. The molecule has 0 N–H and O–H groups in total. The van der Waals surface area contributed by atoms with Crippen molar-refractivity contribution in [3.8, 4) is 0 Å². The third-order valence-electron chi connectivity index (χ3n) is 3.23. The predicted molar refractivity (Wildman–Crippen MR) is 81.3 cm³/mol. The third kappa shape index (κ3) is 7.38. The first-order valence-corrected chi connectivity index (χ1v) is 7.34. The van der Waals surface area contributed by atoms with Crippen molar-refractivity contribution in [2.75, 3.05) is 0 Å². The number of hydrogen-bond donors (Lipinski definition) is 0.